The number of ether oxygens (including phenoxy) is 3. The zero-order chi connectivity index (χ0) is 22.8. The monoisotopic (exact) mass is 435 g/mol. The second kappa shape index (κ2) is 11.7. The second-order valence-electron chi connectivity index (χ2n) is 7.75. The van der Waals surface area contributed by atoms with Crippen LogP contribution in [0.25, 0.3) is 0 Å². The van der Waals surface area contributed by atoms with E-state index in [2.05, 4.69) is 12.1 Å². The average Bonchev–Trinajstić information content (AvgIpc) is 2.86. The van der Waals surface area contributed by atoms with Crippen LogP contribution >= 0.6 is 0 Å². The van der Waals surface area contributed by atoms with E-state index in [1.54, 1.807) is 14.2 Å². The topological polar surface area (TPSA) is 73.9 Å². The number of methoxy groups -OCH3 is 2. The molecule has 0 aliphatic rings. The van der Waals surface area contributed by atoms with Gasteiger partial charge in [-0.2, -0.15) is 0 Å². The van der Waals surface area contributed by atoms with Gasteiger partial charge in [-0.3, -0.25) is 0 Å². The zero-order valence-electron chi connectivity index (χ0n) is 18.9. The van der Waals surface area contributed by atoms with Crippen LogP contribution in [0.4, 0.5) is 0 Å². The van der Waals surface area contributed by atoms with Crippen LogP contribution in [-0.4, -0.2) is 38.6 Å². The SMILES string of the molecule is COc1ccc(C(OCC(O)CCCCN)(c2ccccc2)c2ccc(OC)cc2)cc1. The summed E-state index contributed by atoms with van der Waals surface area (Å²) in [6.07, 6.45) is 1.82. The number of hydrogen-bond donors (Lipinski definition) is 2. The Kier molecular flexibility index (Phi) is 8.68. The Hall–Kier alpha value is -2.86. The first-order valence-electron chi connectivity index (χ1n) is 11.0. The van der Waals surface area contributed by atoms with Crippen molar-refractivity contribution in [2.24, 2.45) is 5.73 Å². The molecule has 170 valence electrons. The molecule has 0 heterocycles. The van der Waals surface area contributed by atoms with E-state index in [4.69, 9.17) is 19.9 Å². The van der Waals surface area contributed by atoms with Crippen molar-refractivity contribution in [1.29, 1.82) is 0 Å². The summed E-state index contributed by atoms with van der Waals surface area (Å²) in [5.41, 5.74) is 7.56. The minimum Gasteiger partial charge on any atom is -0.497 e. The van der Waals surface area contributed by atoms with Crippen molar-refractivity contribution in [2.45, 2.75) is 31.0 Å². The number of hydrogen-bond acceptors (Lipinski definition) is 5. The van der Waals surface area contributed by atoms with Gasteiger partial charge in [-0.05, 0) is 66.8 Å². The molecule has 0 radical (unpaired) electrons. The Morgan fingerprint density at radius 2 is 1.25 bits per heavy atom. The highest BCUT2D eigenvalue weighted by Crippen LogP contribution is 2.41. The first kappa shape index (κ1) is 23.8. The molecule has 3 rings (SSSR count). The van der Waals surface area contributed by atoms with Gasteiger partial charge >= 0.3 is 0 Å². The fraction of sp³-hybridized carbons (Fsp3) is 0.333. The first-order valence-corrected chi connectivity index (χ1v) is 11.0. The molecule has 3 aromatic rings. The third kappa shape index (κ3) is 5.49. The summed E-state index contributed by atoms with van der Waals surface area (Å²) in [4.78, 5) is 0. The fourth-order valence-corrected chi connectivity index (χ4v) is 3.90. The highest BCUT2D eigenvalue weighted by Gasteiger charge is 2.38. The van der Waals surface area contributed by atoms with Crippen molar-refractivity contribution >= 4 is 0 Å². The molecule has 0 amide bonds. The van der Waals surface area contributed by atoms with Crippen molar-refractivity contribution in [3.8, 4) is 11.5 Å². The lowest BCUT2D eigenvalue weighted by Gasteiger charge is -2.36. The van der Waals surface area contributed by atoms with Crippen LogP contribution in [0, 0.1) is 0 Å². The molecular formula is C27H33NO4. The van der Waals surface area contributed by atoms with Gasteiger partial charge in [-0.1, -0.05) is 54.6 Å². The smallest absolute Gasteiger partial charge is 0.143 e. The number of unbranched alkanes of at least 4 members (excludes halogenated alkanes) is 1. The summed E-state index contributed by atoms with van der Waals surface area (Å²) >= 11 is 0. The van der Waals surface area contributed by atoms with Crippen molar-refractivity contribution in [1.82, 2.24) is 0 Å². The van der Waals surface area contributed by atoms with Crippen LogP contribution in [0.1, 0.15) is 36.0 Å². The van der Waals surface area contributed by atoms with E-state index in [0.717, 1.165) is 41.0 Å². The van der Waals surface area contributed by atoms with Crippen molar-refractivity contribution in [2.75, 3.05) is 27.4 Å². The highest BCUT2D eigenvalue weighted by molar-refractivity contribution is 5.49. The third-order valence-corrected chi connectivity index (χ3v) is 5.66. The largest absolute Gasteiger partial charge is 0.497 e. The number of nitrogens with two attached hydrogens (primary N) is 1. The van der Waals surface area contributed by atoms with Gasteiger partial charge in [0.05, 0.1) is 26.9 Å². The van der Waals surface area contributed by atoms with Gasteiger partial charge in [0.15, 0.2) is 0 Å². The molecule has 3 N–H and O–H groups in total. The molecule has 0 aliphatic heterocycles. The molecular weight excluding hydrogens is 402 g/mol. The molecule has 0 aliphatic carbocycles. The number of benzene rings is 3. The fourth-order valence-electron chi connectivity index (χ4n) is 3.90. The van der Waals surface area contributed by atoms with Crippen molar-refractivity contribution in [3.63, 3.8) is 0 Å². The Bertz CT molecular complexity index is 879. The van der Waals surface area contributed by atoms with Crippen molar-refractivity contribution < 1.29 is 19.3 Å². The summed E-state index contributed by atoms with van der Waals surface area (Å²) in [5.74, 6) is 1.54. The standard InChI is InChI=1S/C27H33NO4/c1-30-25-15-11-22(12-16-25)27(21-8-4-3-5-9-21,23-13-17-26(31-2)18-14-23)32-20-24(29)10-6-7-19-28/h3-5,8-9,11-18,24,29H,6-7,10,19-20,28H2,1-2H3. The Balaban J connectivity index is 2.08. The zero-order valence-corrected chi connectivity index (χ0v) is 18.9. The molecule has 5 nitrogen and oxygen atoms in total. The van der Waals surface area contributed by atoms with Gasteiger partial charge in [0.25, 0.3) is 0 Å². The normalized spacial score (nSPS) is 12.4. The lowest BCUT2D eigenvalue weighted by atomic mass is 9.80. The van der Waals surface area contributed by atoms with Crippen LogP contribution in [-0.2, 0) is 10.3 Å². The number of aliphatic hydroxyl groups is 1. The summed E-state index contributed by atoms with van der Waals surface area (Å²) in [7, 11) is 3.30. The maximum Gasteiger partial charge on any atom is 0.143 e. The molecule has 0 saturated carbocycles. The Morgan fingerprint density at radius 3 is 1.72 bits per heavy atom. The molecule has 0 fully saturated rings. The molecule has 32 heavy (non-hydrogen) atoms. The van der Waals surface area contributed by atoms with E-state index in [1.807, 2.05) is 66.7 Å². The maximum atomic E-state index is 10.6. The molecule has 3 aromatic carbocycles. The van der Waals surface area contributed by atoms with E-state index < -0.39 is 11.7 Å². The van der Waals surface area contributed by atoms with Gasteiger partial charge in [0.1, 0.15) is 17.1 Å². The van der Waals surface area contributed by atoms with Crippen LogP contribution in [0.2, 0.25) is 0 Å². The van der Waals surface area contributed by atoms with E-state index in [-0.39, 0.29) is 6.61 Å². The van der Waals surface area contributed by atoms with Gasteiger partial charge in [0.2, 0.25) is 0 Å². The van der Waals surface area contributed by atoms with Crippen LogP contribution in [0.15, 0.2) is 78.9 Å². The minimum absolute atomic E-state index is 0.192. The average molecular weight is 436 g/mol. The first-order chi connectivity index (χ1) is 15.6. The summed E-state index contributed by atoms with van der Waals surface area (Å²) in [5, 5.41) is 10.6. The molecule has 1 atom stereocenters. The molecule has 0 saturated heterocycles. The lowest BCUT2D eigenvalue weighted by Crippen LogP contribution is -2.35. The van der Waals surface area contributed by atoms with E-state index in [0.29, 0.717) is 13.0 Å². The predicted molar refractivity (Wildman–Crippen MR) is 127 cm³/mol. The van der Waals surface area contributed by atoms with Crippen LogP contribution < -0.4 is 15.2 Å². The minimum atomic E-state index is -0.908. The number of aliphatic hydroxyl groups excluding tert-OH is 1. The van der Waals surface area contributed by atoms with E-state index in [1.165, 1.54) is 0 Å². The maximum absolute atomic E-state index is 10.6. The van der Waals surface area contributed by atoms with Gasteiger partial charge in [0, 0.05) is 0 Å². The quantitative estimate of drug-likeness (QED) is 0.324. The molecule has 0 bridgehead atoms. The summed E-state index contributed by atoms with van der Waals surface area (Å²) in [6.45, 7) is 0.816. The molecule has 0 aromatic heterocycles. The summed E-state index contributed by atoms with van der Waals surface area (Å²) < 4.78 is 17.4. The Labute approximate surface area is 190 Å². The van der Waals surface area contributed by atoms with Crippen molar-refractivity contribution in [3.05, 3.63) is 95.6 Å². The summed E-state index contributed by atoms with van der Waals surface area (Å²) in [6, 6.07) is 25.8. The Morgan fingerprint density at radius 1 is 0.750 bits per heavy atom. The van der Waals surface area contributed by atoms with Crippen LogP contribution in [0.3, 0.4) is 0 Å². The predicted octanol–water partition coefficient (Wildman–Crippen LogP) is 4.50. The van der Waals surface area contributed by atoms with Gasteiger partial charge in [-0.15, -0.1) is 0 Å². The van der Waals surface area contributed by atoms with E-state index >= 15 is 0 Å². The van der Waals surface area contributed by atoms with Gasteiger partial charge < -0.3 is 25.1 Å². The molecule has 0 spiro atoms. The van der Waals surface area contributed by atoms with Crippen LogP contribution in [0.5, 0.6) is 11.5 Å². The second-order valence-corrected chi connectivity index (χ2v) is 7.75. The van der Waals surface area contributed by atoms with Gasteiger partial charge in [-0.25, -0.2) is 0 Å². The lowest BCUT2D eigenvalue weighted by molar-refractivity contribution is -0.0405. The molecule has 5 heteroatoms. The molecule has 1 unspecified atom stereocenters. The highest BCUT2D eigenvalue weighted by atomic mass is 16.5. The number of rotatable bonds is 12. The van der Waals surface area contributed by atoms with E-state index in [9.17, 15) is 5.11 Å². The third-order valence-electron chi connectivity index (χ3n) is 5.66.